The molecule has 0 unspecified atom stereocenters. The zero-order valence-electron chi connectivity index (χ0n) is 15.6. The molecule has 0 saturated heterocycles. The van der Waals surface area contributed by atoms with Crippen molar-refractivity contribution >= 4 is 38.7 Å². The number of nitrogens with zero attached hydrogens (tertiary/aromatic N) is 1. The van der Waals surface area contributed by atoms with Crippen molar-refractivity contribution in [1.82, 2.24) is 4.98 Å². The fourth-order valence-electron chi connectivity index (χ4n) is 3.27. The molecule has 3 aromatic rings. The van der Waals surface area contributed by atoms with Crippen LogP contribution >= 0.6 is 11.3 Å². The molecule has 2 aromatic carbocycles. The van der Waals surface area contributed by atoms with Gasteiger partial charge in [-0.1, -0.05) is 6.07 Å². The van der Waals surface area contributed by atoms with Crippen molar-refractivity contribution in [2.45, 2.75) is 25.6 Å². The number of ether oxygens (including phenoxy) is 1. The molecule has 0 fully saturated rings. The van der Waals surface area contributed by atoms with Gasteiger partial charge in [0.2, 0.25) is 5.91 Å². The predicted molar refractivity (Wildman–Crippen MR) is 108 cm³/mol. The molecule has 2 N–H and O–H groups in total. The molecule has 1 aliphatic heterocycles. The third-order valence-electron chi connectivity index (χ3n) is 4.64. The number of anilines is 1. The van der Waals surface area contributed by atoms with Gasteiger partial charge in [-0.15, -0.1) is 11.3 Å². The minimum Gasteiger partial charge on any atom is -0.493 e. The van der Waals surface area contributed by atoms with Crippen LogP contribution in [-0.4, -0.2) is 22.6 Å². The molecule has 9 heteroatoms. The minimum atomic E-state index is -4.46. The molecule has 2 heterocycles. The van der Waals surface area contributed by atoms with E-state index in [1.54, 1.807) is 12.1 Å². The van der Waals surface area contributed by atoms with Crippen LogP contribution in [0.4, 0.5) is 18.9 Å². The van der Waals surface area contributed by atoms with Gasteiger partial charge < -0.3 is 15.2 Å². The summed E-state index contributed by atoms with van der Waals surface area (Å²) in [5, 5.41) is 12.5. The van der Waals surface area contributed by atoms with Gasteiger partial charge in [0.05, 0.1) is 29.0 Å². The molecule has 0 radical (unpaired) electrons. The Hall–Kier alpha value is -2.91. The zero-order chi connectivity index (χ0) is 21.3. The van der Waals surface area contributed by atoms with Crippen LogP contribution in [0.2, 0.25) is 0 Å². The van der Waals surface area contributed by atoms with Crippen molar-refractivity contribution in [2.24, 2.45) is 0 Å². The molecule has 1 amide bonds. The Morgan fingerprint density at radius 3 is 2.87 bits per heavy atom. The SMILES string of the molecule is O=C(C=C1CCCOc2cc(C(F)(F)F)ccc21)Nc1ccc2sc(CO)nc2c1. The lowest BCUT2D eigenvalue weighted by Crippen LogP contribution is -2.09. The fraction of sp³-hybridized carbons (Fsp3) is 0.238. The highest BCUT2D eigenvalue weighted by Gasteiger charge is 2.32. The first-order chi connectivity index (χ1) is 14.3. The molecule has 156 valence electrons. The summed E-state index contributed by atoms with van der Waals surface area (Å²) >= 11 is 1.37. The van der Waals surface area contributed by atoms with Crippen LogP contribution in [0.25, 0.3) is 15.8 Å². The molecule has 0 spiro atoms. The Labute approximate surface area is 173 Å². The maximum atomic E-state index is 13.0. The number of fused-ring (bicyclic) bond motifs is 2. The first-order valence-electron chi connectivity index (χ1n) is 9.20. The number of carbonyl (C=O) groups excluding carboxylic acids is 1. The minimum absolute atomic E-state index is 0.127. The fourth-order valence-corrected chi connectivity index (χ4v) is 4.08. The van der Waals surface area contributed by atoms with Gasteiger partial charge in [0.25, 0.3) is 0 Å². The lowest BCUT2D eigenvalue weighted by Gasteiger charge is -2.13. The second-order valence-electron chi connectivity index (χ2n) is 6.77. The summed E-state index contributed by atoms with van der Waals surface area (Å²) in [4.78, 5) is 16.8. The number of nitrogens with one attached hydrogen (secondary N) is 1. The molecule has 1 aliphatic rings. The summed E-state index contributed by atoms with van der Waals surface area (Å²) in [6, 6.07) is 8.57. The Morgan fingerprint density at radius 1 is 1.27 bits per heavy atom. The summed E-state index contributed by atoms with van der Waals surface area (Å²) in [6.07, 6.45) is -1.97. The summed E-state index contributed by atoms with van der Waals surface area (Å²) in [5.74, 6) is -0.267. The van der Waals surface area contributed by atoms with Gasteiger partial charge in [-0.25, -0.2) is 4.98 Å². The number of aliphatic hydroxyl groups excluding tert-OH is 1. The number of amides is 1. The second kappa shape index (κ2) is 8.08. The zero-order valence-corrected chi connectivity index (χ0v) is 16.4. The Kier molecular flexibility index (Phi) is 5.48. The van der Waals surface area contributed by atoms with Crippen LogP contribution < -0.4 is 10.1 Å². The van der Waals surface area contributed by atoms with Gasteiger partial charge in [-0.3, -0.25) is 4.79 Å². The highest BCUT2D eigenvalue weighted by atomic mass is 32.1. The number of rotatable bonds is 3. The topological polar surface area (TPSA) is 71.5 Å². The maximum absolute atomic E-state index is 13.0. The molecule has 30 heavy (non-hydrogen) atoms. The van der Waals surface area contributed by atoms with Crippen LogP contribution in [-0.2, 0) is 17.6 Å². The number of allylic oxidation sites excluding steroid dienone is 1. The molecule has 0 bridgehead atoms. The average Bonchev–Trinajstić information content (AvgIpc) is 3.01. The number of hydrogen-bond donors (Lipinski definition) is 2. The summed E-state index contributed by atoms with van der Waals surface area (Å²) < 4.78 is 45.3. The number of carbonyl (C=O) groups is 1. The molecular formula is C21H17F3N2O3S. The number of aromatic nitrogens is 1. The number of halogens is 3. The van der Waals surface area contributed by atoms with E-state index in [4.69, 9.17) is 4.74 Å². The van der Waals surface area contributed by atoms with Crippen molar-refractivity contribution in [1.29, 1.82) is 0 Å². The smallest absolute Gasteiger partial charge is 0.416 e. The largest absolute Gasteiger partial charge is 0.493 e. The van der Waals surface area contributed by atoms with Gasteiger partial charge in [0.15, 0.2) is 0 Å². The molecule has 0 atom stereocenters. The second-order valence-corrected chi connectivity index (χ2v) is 7.88. The van der Waals surface area contributed by atoms with E-state index in [1.807, 2.05) is 6.07 Å². The van der Waals surface area contributed by atoms with Gasteiger partial charge in [-0.05, 0) is 48.7 Å². The number of alkyl halides is 3. The highest BCUT2D eigenvalue weighted by molar-refractivity contribution is 7.18. The normalized spacial score (nSPS) is 15.5. The van der Waals surface area contributed by atoms with Crippen LogP contribution in [0.15, 0.2) is 42.5 Å². The van der Waals surface area contributed by atoms with Crippen LogP contribution in [0.1, 0.15) is 29.0 Å². The molecule has 0 aliphatic carbocycles. The lowest BCUT2D eigenvalue weighted by atomic mass is 9.99. The summed E-state index contributed by atoms with van der Waals surface area (Å²) in [6.45, 7) is 0.131. The van der Waals surface area contributed by atoms with Gasteiger partial charge in [-0.2, -0.15) is 13.2 Å². The number of benzene rings is 2. The van der Waals surface area contributed by atoms with Gasteiger partial charge >= 0.3 is 6.18 Å². The van der Waals surface area contributed by atoms with E-state index >= 15 is 0 Å². The van der Waals surface area contributed by atoms with E-state index in [2.05, 4.69) is 10.3 Å². The van der Waals surface area contributed by atoms with E-state index in [-0.39, 0.29) is 19.0 Å². The van der Waals surface area contributed by atoms with E-state index in [0.717, 1.165) is 16.8 Å². The molecule has 4 rings (SSSR count). The third-order valence-corrected chi connectivity index (χ3v) is 5.66. The van der Waals surface area contributed by atoms with Crippen molar-refractivity contribution in [2.75, 3.05) is 11.9 Å². The van der Waals surface area contributed by atoms with E-state index in [9.17, 15) is 23.1 Å². The van der Waals surface area contributed by atoms with Crippen molar-refractivity contribution in [3.8, 4) is 5.75 Å². The number of aliphatic hydroxyl groups is 1. The quantitative estimate of drug-likeness (QED) is 0.569. The van der Waals surface area contributed by atoms with Crippen LogP contribution in [0.5, 0.6) is 5.75 Å². The Bertz CT molecular complexity index is 1140. The first kappa shape index (κ1) is 20.4. The summed E-state index contributed by atoms with van der Waals surface area (Å²) in [7, 11) is 0. The summed E-state index contributed by atoms with van der Waals surface area (Å²) in [5.41, 5.74) is 1.52. The van der Waals surface area contributed by atoms with Crippen LogP contribution in [0.3, 0.4) is 0 Å². The monoisotopic (exact) mass is 434 g/mol. The average molecular weight is 434 g/mol. The first-order valence-corrected chi connectivity index (χ1v) is 10.0. The van der Waals surface area contributed by atoms with Crippen LogP contribution in [0, 0.1) is 0 Å². The maximum Gasteiger partial charge on any atom is 0.416 e. The predicted octanol–water partition coefficient (Wildman–Crippen LogP) is 5.00. The Morgan fingerprint density at radius 2 is 2.10 bits per heavy atom. The third kappa shape index (κ3) is 4.31. The lowest BCUT2D eigenvalue weighted by molar-refractivity contribution is -0.137. The number of hydrogen-bond acceptors (Lipinski definition) is 5. The van der Waals surface area contributed by atoms with E-state index < -0.39 is 17.6 Å². The number of thiazole rings is 1. The molecule has 5 nitrogen and oxygen atoms in total. The van der Waals surface area contributed by atoms with E-state index in [0.29, 0.717) is 40.2 Å². The van der Waals surface area contributed by atoms with E-state index in [1.165, 1.54) is 23.5 Å². The van der Waals surface area contributed by atoms with Gasteiger partial charge in [0, 0.05) is 17.3 Å². The van der Waals surface area contributed by atoms with Crippen molar-refractivity contribution in [3.63, 3.8) is 0 Å². The molecule has 1 aromatic heterocycles. The highest BCUT2D eigenvalue weighted by Crippen LogP contribution is 2.38. The molecule has 0 saturated carbocycles. The van der Waals surface area contributed by atoms with Crippen molar-refractivity contribution in [3.05, 3.63) is 58.6 Å². The Balaban J connectivity index is 1.59. The van der Waals surface area contributed by atoms with Gasteiger partial charge in [0.1, 0.15) is 10.8 Å². The van der Waals surface area contributed by atoms with Crippen molar-refractivity contribution < 1.29 is 27.8 Å². The molecular weight excluding hydrogens is 417 g/mol. The standard InChI is InChI=1S/C21H17F3N2O3S/c22-21(23,24)13-3-5-15-12(2-1-7-29-17(15)9-13)8-19(28)25-14-4-6-18-16(10-14)26-20(11-27)30-18/h3-6,8-10,27H,1-2,7,11H2,(H,25,28).